The maximum atomic E-state index is 2.67. The number of para-hydroxylation sites is 2. The van der Waals surface area contributed by atoms with Crippen molar-refractivity contribution in [3.05, 3.63) is 173 Å². The van der Waals surface area contributed by atoms with Crippen molar-refractivity contribution < 1.29 is 0 Å². The molecule has 298 valence electrons. The van der Waals surface area contributed by atoms with E-state index >= 15 is 0 Å². The van der Waals surface area contributed by atoms with Crippen molar-refractivity contribution in [2.75, 3.05) is 4.90 Å². The minimum atomic E-state index is -0.448. The standard InChI is InChI=1S/C57H65N/c1-9-55(7,36-20-22-40(3)4)42-32-34-46-47-35-33-43(56(8,10-2)37-21-23-41(5)6)39-52(47)57(51(46)38-42)49-29-18-17-28-48(49)54-50(57)30-19-31-53(54)58(44-24-13-11-14-25-44)45-26-15-12-16-27-45/h11-19,24-35,38-41H,9-10,20-23,36-37H2,1-8H3. The first kappa shape index (κ1) is 39.9. The van der Waals surface area contributed by atoms with E-state index in [1.165, 1.54) is 99.8 Å². The molecule has 0 saturated heterocycles. The second-order valence-corrected chi connectivity index (χ2v) is 18.9. The van der Waals surface area contributed by atoms with E-state index < -0.39 is 5.41 Å². The molecule has 0 bridgehead atoms. The van der Waals surface area contributed by atoms with Crippen LogP contribution in [0.3, 0.4) is 0 Å². The van der Waals surface area contributed by atoms with Gasteiger partial charge in [-0.1, -0.05) is 190 Å². The molecule has 0 aliphatic heterocycles. The number of hydrogen-bond acceptors (Lipinski definition) is 1. The van der Waals surface area contributed by atoms with Crippen LogP contribution < -0.4 is 4.90 Å². The SMILES string of the molecule is CCC(C)(CCCC(C)C)c1ccc2c(c1)C1(c3cc(C(C)(CC)CCCC(C)C)ccc3-2)c2ccccc2-c2c(N(c3ccccc3)c3ccccc3)cccc21. The highest BCUT2D eigenvalue weighted by Gasteiger charge is 2.53. The number of anilines is 3. The first-order valence-corrected chi connectivity index (χ1v) is 22.5. The lowest BCUT2D eigenvalue weighted by Gasteiger charge is -2.35. The minimum absolute atomic E-state index is 0.0997. The third kappa shape index (κ3) is 6.73. The lowest BCUT2D eigenvalue weighted by Crippen LogP contribution is -2.28. The molecule has 6 aromatic rings. The highest BCUT2D eigenvalue weighted by Crippen LogP contribution is 2.65. The van der Waals surface area contributed by atoms with E-state index in [2.05, 4.69) is 200 Å². The van der Waals surface area contributed by atoms with Crippen LogP contribution in [0.5, 0.6) is 0 Å². The molecule has 8 rings (SSSR count). The summed E-state index contributed by atoms with van der Waals surface area (Å²) in [6.45, 7) is 19.3. The van der Waals surface area contributed by atoms with Crippen LogP contribution in [0.4, 0.5) is 17.1 Å². The van der Waals surface area contributed by atoms with Gasteiger partial charge in [0.25, 0.3) is 0 Å². The second kappa shape index (κ2) is 16.1. The topological polar surface area (TPSA) is 3.24 Å². The molecule has 1 heteroatoms. The Labute approximate surface area is 350 Å². The molecule has 0 amide bonds. The van der Waals surface area contributed by atoms with E-state index in [0.717, 1.165) is 36.1 Å². The zero-order valence-electron chi connectivity index (χ0n) is 36.5. The highest BCUT2D eigenvalue weighted by molar-refractivity contribution is 6.01. The summed E-state index contributed by atoms with van der Waals surface area (Å²) in [5.41, 5.74) is 17.4. The average Bonchev–Trinajstić information content (AvgIpc) is 3.71. The van der Waals surface area contributed by atoms with Gasteiger partial charge in [0.15, 0.2) is 0 Å². The largest absolute Gasteiger partial charge is 0.310 e. The molecule has 2 atom stereocenters. The number of nitrogens with zero attached hydrogens (tertiary/aromatic N) is 1. The number of fused-ring (bicyclic) bond motifs is 10. The van der Waals surface area contributed by atoms with Gasteiger partial charge in [0.05, 0.1) is 11.1 Å². The van der Waals surface area contributed by atoms with Crippen molar-refractivity contribution in [2.45, 2.75) is 123 Å². The van der Waals surface area contributed by atoms with Gasteiger partial charge in [-0.2, -0.15) is 0 Å². The van der Waals surface area contributed by atoms with Crippen LogP contribution in [-0.2, 0) is 16.2 Å². The summed E-state index contributed by atoms with van der Waals surface area (Å²) in [5.74, 6) is 1.44. The van der Waals surface area contributed by atoms with Gasteiger partial charge in [-0.15, -0.1) is 0 Å². The fourth-order valence-electron chi connectivity index (χ4n) is 10.6. The molecule has 0 aromatic heterocycles. The molecule has 58 heavy (non-hydrogen) atoms. The molecule has 2 aliphatic carbocycles. The number of benzene rings is 6. The van der Waals surface area contributed by atoms with E-state index in [0.29, 0.717) is 0 Å². The monoisotopic (exact) mass is 764 g/mol. The molecule has 2 unspecified atom stereocenters. The molecular weight excluding hydrogens is 699 g/mol. The first-order chi connectivity index (χ1) is 28.1. The van der Waals surface area contributed by atoms with Crippen LogP contribution in [-0.4, -0.2) is 0 Å². The van der Waals surface area contributed by atoms with Crippen molar-refractivity contribution in [3.63, 3.8) is 0 Å². The van der Waals surface area contributed by atoms with Crippen molar-refractivity contribution in [1.82, 2.24) is 0 Å². The Balaban J connectivity index is 1.42. The summed E-state index contributed by atoms with van der Waals surface area (Å²) < 4.78 is 0. The fourth-order valence-corrected chi connectivity index (χ4v) is 10.6. The van der Waals surface area contributed by atoms with Crippen LogP contribution >= 0.6 is 0 Å². The summed E-state index contributed by atoms with van der Waals surface area (Å²) in [7, 11) is 0. The zero-order chi connectivity index (χ0) is 40.7. The Hall–Kier alpha value is -4.88. The van der Waals surface area contributed by atoms with Gasteiger partial charge in [0.2, 0.25) is 0 Å². The van der Waals surface area contributed by atoms with E-state index in [4.69, 9.17) is 0 Å². The summed E-state index contributed by atoms with van der Waals surface area (Å²) in [6.07, 6.45) is 9.71. The number of hydrogen-bond donors (Lipinski definition) is 0. The predicted molar refractivity (Wildman–Crippen MR) is 250 cm³/mol. The van der Waals surface area contributed by atoms with Gasteiger partial charge < -0.3 is 4.90 Å². The van der Waals surface area contributed by atoms with Gasteiger partial charge in [-0.3, -0.25) is 0 Å². The molecule has 2 aliphatic rings. The Morgan fingerprint density at radius 2 is 0.948 bits per heavy atom. The Bertz CT molecular complexity index is 2250. The van der Waals surface area contributed by atoms with Crippen LogP contribution in [0.25, 0.3) is 22.3 Å². The van der Waals surface area contributed by atoms with E-state index in [9.17, 15) is 0 Å². The first-order valence-electron chi connectivity index (χ1n) is 22.5. The van der Waals surface area contributed by atoms with Crippen LogP contribution in [0.1, 0.15) is 140 Å². The van der Waals surface area contributed by atoms with Gasteiger partial charge in [0, 0.05) is 16.9 Å². The summed E-state index contributed by atoms with van der Waals surface area (Å²) >= 11 is 0. The van der Waals surface area contributed by atoms with Gasteiger partial charge in [-0.25, -0.2) is 0 Å². The van der Waals surface area contributed by atoms with Gasteiger partial charge in [0.1, 0.15) is 0 Å². The summed E-state index contributed by atoms with van der Waals surface area (Å²) in [6, 6.07) is 53.7. The van der Waals surface area contributed by atoms with E-state index in [1.54, 1.807) is 0 Å². The van der Waals surface area contributed by atoms with E-state index in [1.807, 2.05) is 0 Å². The Morgan fingerprint density at radius 1 is 0.483 bits per heavy atom. The lowest BCUT2D eigenvalue weighted by molar-refractivity contribution is 0.382. The summed E-state index contributed by atoms with van der Waals surface area (Å²) in [4.78, 5) is 2.48. The predicted octanol–water partition coefficient (Wildman–Crippen LogP) is 16.5. The molecule has 0 fully saturated rings. The second-order valence-electron chi connectivity index (χ2n) is 18.9. The minimum Gasteiger partial charge on any atom is -0.310 e. The molecule has 1 spiro atoms. The Morgan fingerprint density at radius 3 is 1.43 bits per heavy atom. The third-order valence-electron chi connectivity index (χ3n) is 14.4. The molecule has 0 heterocycles. The van der Waals surface area contributed by atoms with Gasteiger partial charge in [-0.05, 0) is 129 Å². The van der Waals surface area contributed by atoms with Crippen LogP contribution in [0, 0.1) is 11.8 Å². The molecule has 0 radical (unpaired) electrons. The van der Waals surface area contributed by atoms with Gasteiger partial charge >= 0.3 is 0 Å². The molecule has 6 aromatic carbocycles. The van der Waals surface area contributed by atoms with Crippen LogP contribution in [0.15, 0.2) is 140 Å². The quantitative estimate of drug-likeness (QED) is 0.101. The lowest BCUT2D eigenvalue weighted by atomic mass is 9.67. The Kier molecular flexibility index (Phi) is 11.0. The summed E-state index contributed by atoms with van der Waals surface area (Å²) in [5, 5.41) is 0. The zero-order valence-corrected chi connectivity index (χ0v) is 36.5. The third-order valence-corrected chi connectivity index (χ3v) is 14.4. The molecular formula is C57H65N. The normalized spacial score (nSPS) is 17.1. The van der Waals surface area contributed by atoms with Crippen molar-refractivity contribution in [3.8, 4) is 22.3 Å². The average molecular weight is 764 g/mol. The van der Waals surface area contributed by atoms with Crippen LogP contribution in [0.2, 0.25) is 0 Å². The number of rotatable bonds is 15. The molecule has 0 N–H and O–H groups in total. The fraction of sp³-hybridized carbons (Fsp3) is 0.368. The highest BCUT2D eigenvalue weighted by atomic mass is 15.1. The smallest absolute Gasteiger partial charge is 0.0726 e. The maximum Gasteiger partial charge on any atom is 0.0726 e. The molecule has 1 nitrogen and oxygen atoms in total. The van der Waals surface area contributed by atoms with Crippen molar-refractivity contribution in [1.29, 1.82) is 0 Å². The van der Waals surface area contributed by atoms with Crippen molar-refractivity contribution in [2.24, 2.45) is 11.8 Å². The maximum absolute atomic E-state index is 2.67. The van der Waals surface area contributed by atoms with E-state index in [-0.39, 0.29) is 10.8 Å². The molecule has 0 saturated carbocycles. The van der Waals surface area contributed by atoms with Crippen molar-refractivity contribution >= 4 is 17.1 Å².